The van der Waals surface area contributed by atoms with E-state index in [1.807, 2.05) is 0 Å². The normalized spacial score (nSPS) is 10.7. The Bertz CT molecular complexity index is 398. The van der Waals surface area contributed by atoms with E-state index in [-0.39, 0.29) is 0 Å². The van der Waals surface area contributed by atoms with Gasteiger partial charge in [0.15, 0.2) is 10.9 Å². The minimum absolute atomic E-state index is 0.393. The van der Waals surface area contributed by atoms with Crippen molar-refractivity contribution in [2.24, 2.45) is 0 Å². The fourth-order valence-corrected chi connectivity index (χ4v) is 1.21. The van der Waals surface area contributed by atoms with Gasteiger partial charge in [0, 0.05) is 17.3 Å². The summed E-state index contributed by atoms with van der Waals surface area (Å²) in [6.07, 6.45) is -2.88. The smallest absolute Gasteiger partial charge is 0.307 e. The molecule has 82 valence electrons. The van der Waals surface area contributed by atoms with Crippen molar-refractivity contribution in [1.82, 2.24) is 4.98 Å². The van der Waals surface area contributed by atoms with Crippen molar-refractivity contribution in [3.8, 4) is 5.75 Å². The van der Waals surface area contributed by atoms with Crippen LogP contribution in [0.15, 0.2) is 6.20 Å². The number of nitrogens with zero attached hydrogens (tertiary/aromatic N) is 1. The Labute approximate surface area is 88.1 Å². The van der Waals surface area contributed by atoms with Crippen molar-refractivity contribution in [2.45, 2.75) is 12.8 Å². The first-order valence-corrected chi connectivity index (χ1v) is 4.17. The molecule has 1 aromatic heterocycles. The number of alkyl halides is 2. The fourth-order valence-electron chi connectivity index (χ4n) is 1.05. The maximum atomic E-state index is 12.4. The largest absolute Gasteiger partial charge is 0.504 e. The molecule has 0 aliphatic rings. The fraction of sp³-hybridized carbons (Fsp3) is 0.250. The summed E-state index contributed by atoms with van der Waals surface area (Å²) >= 11 is 5.37. The Morgan fingerprint density at radius 2 is 2.20 bits per heavy atom. The first kappa shape index (κ1) is 11.6. The lowest BCUT2D eigenvalue weighted by atomic mass is 10.1. The highest BCUT2D eigenvalue weighted by molar-refractivity contribution is 6.30. The third-order valence-electron chi connectivity index (χ3n) is 1.71. The second kappa shape index (κ2) is 4.39. The highest BCUT2D eigenvalue weighted by atomic mass is 35.5. The summed E-state index contributed by atoms with van der Waals surface area (Å²) < 4.78 is 24.8. The van der Waals surface area contributed by atoms with Crippen molar-refractivity contribution < 1.29 is 23.8 Å². The van der Waals surface area contributed by atoms with Gasteiger partial charge in [-0.15, -0.1) is 0 Å². The monoisotopic (exact) mass is 237 g/mol. The molecule has 1 heterocycles. The molecule has 0 bridgehead atoms. The third kappa shape index (κ3) is 2.53. The van der Waals surface area contributed by atoms with Crippen molar-refractivity contribution in [1.29, 1.82) is 0 Å². The van der Waals surface area contributed by atoms with E-state index in [4.69, 9.17) is 16.7 Å². The summed E-state index contributed by atoms with van der Waals surface area (Å²) in [4.78, 5) is 13.7. The van der Waals surface area contributed by atoms with Crippen LogP contribution in [0, 0.1) is 0 Å². The van der Waals surface area contributed by atoms with Crippen LogP contribution in [0.1, 0.15) is 17.6 Å². The summed E-state index contributed by atoms with van der Waals surface area (Å²) in [6.45, 7) is 0. The van der Waals surface area contributed by atoms with Gasteiger partial charge in [0.1, 0.15) is 0 Å². The lowest BCUT2D eigenvalue weighted by Crippen LogP contribution is -2.05. The van der Waals surface area contributed by atoms with E-state index in [0.29, 0.717) is 0 Å². The Hall–Kier alpha value is -1.43. The van der Waals surface area contributed by atoms with Gasteiger partial charge >= 0.3 is 5.97 Å². The van der Waals surface area contributed by atoms with E-state index in [1.54, 1.807) is 0 Å². The van der Waals surface area contributed by atoms with E-state index >= 15 is 0 Å². The Kier molecular flexibility index (Phi) is 3.41. The average molecular weight is 238 g/mol. The maximum Gasteiger partial charge on any atom is 0.307 e. The zero-order chi connectivity index (χ0) is 11.6. The number of rotatable bonds is 3. The van der Waals surface area contributed by atoms with Gasteiger partial charge in [0.25, 0.3) is 6.43 Å². The summed E-state index contributed by atoms with van der Waals surface area (Å²) in [5, 5.41) is 17.4. The van der Waals surface area contributed by atoms with Crippen molar-refractivity contribution >= 4 is 17.6 Å². The standard InChI is InChI=1S/C8H6ClF2NO3/c9-7-6(15)3(1-5(13)14)4(2-12-7)8(10)11/h2,8,15H,1H2,(H,13,14). The molecule has 15 heavy (non-hydrogen) atoms. The van der Waals surface area contributed by atoms with Gasteiger partial charge in [0.2, 0.25) is 0 Å². The average Bonchev–Trinajstić information content (AvgIpc) is 2.12. The molecule has 0 aliphatic heterocycles. The lowest BCUT2D eigenvalue weighted by Gasteiger charge is -2.09. The maximum absolute atomic E-state index is 12.4. The van der Waals surface area contributed by atoms with E-state index in [1.165, 1.54) is 0 Å². The number of hydrogen-bond acceptors (Lipinski definition) is 3. The molecule has 0 atom stereocenters. The van der Waals surface area contributed by atoms with E-state index < -0.39 is 40.8 Å². The highest BCUT2D eigenvalue weighted by Crippen LogP contribution is 2.33. The molecule has 4 nitrogen and oxygen atoms in total. The predicted octanol–water partition coefficient (Wildman–Crippen LogP) is 2.01. The zero-order valence-corrected chi connectivity index (χ0v) is 8.00. The number of aromatic hydroxyl groups is 1. The molecule has 1 rings (SSSR count). The second-order valence-corrected chi connectivity index (χ2v) is 3.06. The molecular weight excluding hydrogens is 232 g/mol. The number of halogens is 3. The van der Waals surface area contributed by atoms with Crippen LogP contribution in [-0.2, 0) is 11.2 Å². The number of hydrogen-bond donors (Lipinski definition) is 2. The molecule has 0 fully saturated rings. The van der Waals surface area contributed by atoms with Gasteiger partial charge in [-0.2, -0.15) is 0 Å². The SMILES string of the molecule is O=C(O)Cc1c(C(F)F)cnc(Cl)c1O. The number of carboxylic acids is 1. The van der Waals surface area contributed by atoms with Gasteiger partial charge in [-0.05, 0) is 0 Å². The number of carboxylic acid groups (broad SMARTS) is 1. The Morgan fingerprint density at radius 1 is 1.60 bits per heavy atom. The minimum atomic E-state index is -2.91. The first-order chi connectivity index (χ1) is 6.93. The number of aliphatic carboxylic acids is 1. The third-order valence-corrected chi connectivity index (χ3v) is 1.99. The molecule has 0 unspecified atom stereocenters. The topological polar surface area (TPSA) is 70.4 Å². The summed E-state index contributed by atoms with van der Waals surface area (Å²) in [5.41, 5.74) is -1.03. The van der Waals surface area contributed by atoms with Crippen molar-refractivity contribution in [3.63, 3.8) is 0 Å². The van der Waals surface area contributed by atoms with E-state index in [9.17, 15) is 18.7 Å². The number of carbonyl (C=O) groups is 1. The molecular formula is C8H6ClF2NO3. The molecule has 0 saturated heterocycles. The van der Waals surface area contributed by atoms with Gasteiger partial charge < -0.3 is 10.2 Å². The quantitative estimate of drug-likeness (QED) is 0.789. The second-order valence-electron chi connectivity index (χ2n) is 2.70. The van der Waals surface area contributed by atoms with Crippen LogP contribution in [0.4, 0.5) is 8.78 Å². The lowest BCUT2D eigenvalue weighted by molar-refractivity contribution is -0.136. The van der Waals surface area contributed by atoms with Gasteiger partial charge in [-0.3, -0.25) is 4.79 Å². The molecule has 0 aliphatic carbocycles. The predicted molar refractivity (Wildman–Crippen MR) is 47.2 cm³/mol. The number of aromatic nitrogens is 1. The molecule has 0 saturated carbocycles. The van der Waals surface area contributed by atoms with Crippen LogP contribution in [-0.4, -0.2) is 21.2 Å². The van der Waals surface area contributed by atoms with Crippen LogP contribution in [0.5, 0.6) is 5.75 Å². The molecule has 2 N–H and O–H groups in total. The molecule has 0 amide bonds. The highest BCUT2D eigenvalue weighted by Gasteiger charge is 2.21. The van der Waals surface area contributed by atoms with E-state index in [0.717, 1.165) is 6.20 Å². The minimum Gasteiger partial charge on any atom is -0.504 e. The Morgan fingerprint density at radius 3 is 2.67 bits per heavy atom. The van der Waals surface area contributed by atoms with E-state index in [2.05, 4.69) is 4.98 Å². The zero-order valence-electron chi connectivity index (χ0n) is 7.25. The van der Waals surface area contributed by atoms with Gasteiger partial charge in [0.05, 0.1) is 6.42 Å². The number of pyridine rings is 1. The molecule has 7 heteroatoms. The van der Waals surface area contributed by atoms with Crippen LogP contribution >= 0.6 is 11.6 Å². The first-order valence-electron chi connectivity index (χ1n) is 3.79. The van der Waals surface area contributed by atoms with Crippen LogP contribution in [0.25, 0.3) is 0 Å². The van der Waals surface area contributed by atoms with Crippen LogP contribution < -0.4 is 0 Å². The molecule has 0 spiro atoms. The summed E-state index contributed by atoms with van der Waals surface area (Å²) in [6, 6.07) is 0. The molecule has 0 aromatic carbocycles. The molecule has 0 radical (unpaired) electrons. The van der Waals surface area contributed by atoms with Crippen LogP contribution in [0.3, 0.4) is 0 Å². The molecule has 1 aromatic rings. The van der Waals surface area contributed by atoms with Gasteiger partial charge in [-0.1, -0.05) is 11.6 Å². The summed E-state index contributed by atoms with van der Waals surface area (Å²) in [7, 11) is 0. The van der Waals surface area contributed by atoms with Crippen LogP contribution in [0.2, 0.25) is 5.15 Å². The van der Waals surface area contributed by atoms with Crippen molar-refractivity contribution in [2.75, 3.05) is 0 Å². The van der Waals surface area contributed by atoms with Crippen molar-refractivity contribution in [3.05, 3.63) is 22.5 Å². The summed E-state index contributed by atoms with van der Waals surface area (Å²) in [5.74, 6) is -2.05. The Balaban J connectivity index is 3.28. The van der Waals surface area contributed by atoms with Gasteiger partial charge in [-0.25, -0.2) is 13.8 Å².